The first-order valence-electron chi connectivity index (χ1n) is 22.0. The lowest BCUT2D eigenvalue weighted by atomic mass is 10.0. The standard InChI is InChI=1S/C43H76N6O12Si2/c1-43(2,3)61-42(57)49-34(22-14-17-26-46-41(56)60-31-32-19-11-10-12-20-32)37(51)47-33(21-13-16-24-44-39(54)58-27-29-62(4,5)6)36(50)48-35(38(52)53)23-15-18-25-45-40(55)59-28-30-63(7,8)9/h10-12,19-20,33-35H,13-18,21-31H2,1-9H3,(H,44,54)(H,45,55)(H,46,56)(H,47,51)(H,48,50)(H,49,57)(H,52,53)/t33-,34-,35-/m0/s1. The molecule has 63 heavy (non-hydrogen) atoms. The summed E-state index contributed by atoms with van der Waals surface area (Å²) < 4.78 is 21.1. The van der Waals surface area contributed by atoms with E-state index in [9.17, 15) is 38.7 Å². The van der Waals surface area contributed by atoms with Crippen LogP contribution in [0.3, 0.4) is 0 Å². The van der Waals surface area contributed by atoms with E-state index in [4.69, 9.17) is 18.9 Å². The van der Waals surface area contributed by atoms with Gasteiger partial charge >= 0.3 is 30.3 Å². The Bertz CT molecular complexity index is 1570. The van der Waals surface area contributed by atoms with Crippen LogP contribution in [-0.2, 0) is 39.9 Å². The molecule has 0 aliphatic heterocycles. The molecule has 0 radical (unpaired) electrons. The second-order valence-corrected chi connectivity index (χ2v) is 30.1. The molecule has 18 nitrogen and oxygen atoms in total. The Morgan fingerprint density at radius 3 is 1.37 bits per heavy atom. The number of ether oxygens (including phenoxy) is 4. The van der Waals surface area contributed by atoms with Gasteiger partial charge in [0.05, 0.1) is 13.2 Å². The Morgan fingerprint density at radius 2 is 0.952 bits per heavy atom. The summed E-state index contributed by atoms with van der Waals surface area (Å²) in [5.41, 5.74) is -0.0358. The van der Waals surface area contributed by atoms with Crippen LogP contribution in [-0.4, -0.2) is 120 Å². The molecule has 0 saturated carbocycles. The van der Waals surface area contributed by atoms with Crippen LogP contribution in [0.1, 0.15) is 84.1 Å². The van der Waals surface area contributed by atoms with Gasteiger partial charge in [-0.05, 0) is 96.2 Å². The van der Waals surface area contributed by atoms with Crippen molar-refractivity contribution in [1.82, 2.24) is 31.9 Å². The molecule has 0 spiro atoms. The lowest BCUT2D eigenvalue weighted by Crippen LogP contribution is -2.56. The number of hydrogen-bond donors (Lipinski definition) is 7. The van der Waals surface area contributed by atoms with Crippen molar-refractivity contribution >= 4 is 58.3 Å². The molecule has 0 unspecified atom stereocenters. The zero-order chi connectivity index (χ0) is 47.5. The van der Waals surface area contributed by atoms with Crippen LogP contribution in [0.2, 0.25) is 51.4 Å². The zero-order valence-electron chi connectivity index (χ0n) is 39.1. The molecule has 0 aromatic heterocycles. The van der Waals surface area contributed by atoms with Crippen molar-refractivity contribution < 1.29 is 57.6 Å². The van der Waals surface area contributed by atoms with E-state index in [0.29, 0.717) is 51.7 Å². The van der Waals surface area contributed by atoms with E-state index in [2.05, 4.69) is 71.2 Å². The lowest BCUT2D eigenvalue weighted by molar-refractivity contribution is -0.142. The molecule has 1 aromatic carbocycles. The highest BCUT2D eigenvalue weighted by molar-refractivity contribution is 6.76. The Labute approximate surface area is 375 Å². The monoisotopic (exact) mass is 925 g/mol. The van der Waals surface area contributed by atoms with E-state index >= 15 is 0 Å². The first kappa shape index (κ1) is 56.2. The van der Waals surface area contributed by atoms with Crippen molar-refractivity contribution in [3.8, 4) is 0 Å². The van der Waals surface area contributed by atoms with E-state index in [1.54, 1.807) is 20.8 Å². The third-order valence-electron chi connectivity index (χ3n) is 9.20. The average Bonchev–Trinajstić information content (AvgIpc) is 3.16. The van der Waals surface area contributed by atoms with Gasteiger partial charge < -0.3 is 56.0 Å². The predicted octanol–water partition coefficient (Wildman–Crippen LogP) is 6.50. The van der Waals surface area contributed by atoms with Crippen LogP contribution in [0.4, 0.5) is 19.2 Å². The van der Waals surface area contributed by atoms with Crippen LogP contribution in [0.15, 0.2) is 30.3 Å². The van der Waals surface area contributed by atoms with E-state index in [1.807, 2.05) is 30.3 Å². The quantitative estimate of drug-likeness (QED) is 0.0259. The van der Waals surface area contributed by atoms with Gasteiger partial charge in [0.15, 0.2) is 0 Å². The van der Waals surface area contributed by atoms with Crippen molar-refractivity contribution in [3.05, 3.63) is 35.9 Å². The SMILES string of the molecule is CC(C)(C)OC(=O)N[C@@H](CCCCNC(=O)OCc1ccccc1)C(=O)N[C@@H](CCCCNC(=O)OCC[Si](C)(C)C)C(=O)N[C@@H](CCCCNC(=O)OCC[Si](C)(C)C)C(=O)O. The largest absolute Gasteiger partial charge is 0.480 e. The molecular formula is C43H76N6O12Si2. The summed E-state index contributed by atoms with van der Waals surface area (Å²) in [4.78, 5) is 89.2. The number of alkyl carbamates (subject to hydrolysis) is 4. The number of nitrogens with one attached hydrogen (secondary N) is 6. The Kier molecular flexibility index (Phi) is 26.3. The molecule has 0 aliphatic rings. The van der Waals surface area contributed by atoms with E-state index in [0.717, 1.165) is 17.7 Å². The van der Waals surface area contributed by atoms with E-state index < -0.39 is 82.0 Å². The molecule has 20 heteroatoms. The van der Waals surface area contributed by atoms with Gasteiger partial charge in [-0.1, -0.05) is 69.6 Å². The molecule has 3 atom stereocenters. The summed E-state index contributed by atoms with van der Waals surface area (Å²) in [6.45, 7) is 19.6. The molecule has 0 heterocycles. The zero-order valence-corrected chi connectivity index (χ0v) is 41.1. The molecule has 1 aromatic rings. The maximum absolute atomic E-state index is 13.9. The van der Waals surface area contributed by atoms with Crippen LogP contribution >= 0.6 is 0 Å². The molecule has 358 valence electrons. The highest BCUT2D eigenvalue weighted by atomic mass is 28.3. The number of amides is 6. The highest BCUT2D eigenvalue weighted by Gasteiger charge is 2.30. The summed E-state index contributed by atoms with van der Waals surface area (Å²) in [5, 5.41) is 25.9. The van der Waals surface area contributed by atoms with Crippen LogP contribution in [0.5, 0.6) is 0 Å². The van der Waals surface area contributed by atoms with Gasteiger partial charge in [-0.2, -0.15) is 0 Å². The third-order valence-corrected chi connectivity index (χ3v) is 12.6. The summed E-state index contributed by atoms with van der Waals surface area (Å²) in [5.74, 6) is -2.71. The molecule has 7 N–H and O–H groups in total. The molecule has 0 bridgehead atoms. The first-order valence-corrected chi connectivity index (χ1v) is 29.4. The first-order chi connectivity index (χ1) is 29.4. The fraction of sp³-hybridized carbons (Fsp3) is 0.698. The predicted molar refractivity (Wildman–Crippen MR) is 246 cm³/mol. The van der Waals surface area contributed by atoms with E-state index in [1.165, 1.54) is 0 Å². The van der Waals surface area contributed by atoms with Crippen molar-refractivity contribution in [3.63, 3.8) is 0 Å². The summed E-state index contributed by atoms with van der Waals surface area (Å²) in [6, 6.07) is 7.20. The molecule has 0 fully saturated rings. The number of benzene rings is 1. The number of rotatable bonds is 29. The second-order valence-electron chi connectivity index (χ2n) is 18.9. The second kappa shape index (κ2) is 29.5. The van der Waals surface area contributed by atoms with E-state index in [-0.39, 0.29) is 45.5 Å². The number of carbonyl (C=O) groups excluding carboxylic acids is 6. The maximum atomic E-state index is 13.9. The normalized spacial score (nSPS) is 13.0. The summed E-state index contributed by atoms with van der Waals surface area (Å²) >= 11 is 0. The number of carboxylic acid groups (broad SMARTS) is 1. The fourth-order valence-electron chi connectivity index (χ4n) is 5.56. The minimum absolute atomic E-state index is 0.0501. The Hall–Kier alpha value is -4.86. The number of hydrogen-bond acceptors (Lipinski definition) is 11. The highest BCUT2D eigenvalue weighted by Crippen LogP contribution is 2.12. The maximum Gasteiger partial charge on any atom is 0.408 e. The number of aliphatic carboxylic acids is 1. The van der Waals surface area contributed by atoms with Crippen molar-refractivity contribution in [2.24, 2.45) is 0 Å². The van der Waals surface area contributed by atoms with Gasteiger partial charge in [-0.3, -0.25) is 9.59 Å². The number of carbonyl (C=O) groups is 7. The minimum Gasteiger partial charge on any atom is -0.480 e. The van der Waals surface area contributed by atoms with Crippen molar-refractivity contribution in [2.75, 3.05) is 32.8 Å². The summed E-state index contributed by atoms with van der Waals surface area (Å²) in [7, 11) is -2.75. The Morgan fingerprint density at radius 1 is 0.556 bits per heavy atom. The molecule has 1 rings (SSSR count). The third kappa shape index (κ3) is 30.8. The average molecular weight is 925 g/mol. The molecule has 0 saturated heterocycles. The molecular weight excluding hydrogens is 849 g/mol. The molecule has 0 aliphatic carbocycles. The molecule has 6 amide bonds. The topological polar surface area (TPSA) is 249 Å². The van der Waals surface area contributed by atoms with Gasteiger partial charge in [0.1, 0.15) is 30.3 Å². The van der Waals surface area contributed by atoms with Crippen LogP contribution < -0.4 is 31.9 Å². The summed E-state index contributed by atoms with van der Waals surface area (Å²) in [6.07, 6.45) is 0.0299. The van der Waals surface area contributed by atoms with Crippen LogP contribution in [0.25, 0.3) is 0 Å². The van der Waals surface area contributed by atoms with Gasteiger partial charge in [0.25, 0.3) is 0 Å². The van der Waals surface area contributed by atoms with Gasteiger partial charge in [-0.25, -0.2) is 24.0 Å². The van der Waals surface area contributed by atoms with Crippen molar-refractivity contribution in [2.45, 2.75) is 160 Å². The number of unbranched alkanes of at least 4 members (excludes halogenated alkanes) is 3. The van der Waals surface area contributed by atoms with Gasteiger partial charge in [0, 0.05) is 35.8 Å². The van der Waals surface area contributed by atoms with Gasteiger partial charge in [-0.15, -0.1) is 0 Å². The smallest absolute Gasteiger partial charge is 0.408 e. The van der Waals surface area contributed by atoms with Crippen LogP contribution in [0, 0.1) is 0 Å². The number of carboxylic acids is 1. The van der Waals surface area contributed by atoms with Gasteiger partial charge in [0.2, 0.25) is 11.8 Å². The van der Waals surface area contributed by atoms with Crippen molar-refractivity contribution in [1.29, 1.82) is 0 Å². The fourth-order valence-corrected chi connectivity index (χ4v) is 6.99. The minimum atomic E-state index is -1.39. The lowest BCUT2D eigenvalue weighted by Gasteiger charge is -2.26. The Balaban J connectivity index is 2.97.